The molecule has 1 aromatic carbocycles. The Hall–Kier alpha value is -2.24. The molecule has 2 N–H and O–H groups in total. The van der Waals surface area contributed by atoms with Crippen molar-refractivity contribution in [1.29, 1.82) is 0 Å². The predicted molar refractivity (Wildman–Crippen MR) is 103 cm³/mol. The Labute approximate surface area is 154 Å². The summed E-state index contributed by atoms with van der Waals surface area (Å²) in [4.78, 5) is 19.0. The molecule has 1 aromatic heterocycles. The fraction of sp³-hybridized carbons (Fsp3) is 0.600. The lowest BCUT2D eigenvalue weighted by atomic mass is 9.80. The Kier molecular flexibility index (Phi) is 4.29. The van der Waals surface area contributed by atoms with E-state index in [-0.39, 0.29) is 11.4 Å². The van der Waals surface area contributed by atoms with Gasteiger partial charge in [-0.2, -0.15) is 0 Å². The van der Waals surface area contributed by atoms with E-state index in [0.29, 0.717) is 12.0 Å². The molecule has 0 atom stereocenters. The highest BCUT2D eigenvalue weighted by Gasteiger charge is 2.38. The van der Waals surface area contributed by atoms with Crippen LogP contribution in [-0.4, -0.2) is 35.7 Å². The van der Waals surface area contributed by atoms with E-state index in [1.54, 1.807) is 0 Å². The van der Waals surface area contributed by atoms with E-state index in [1.807, 2.05) is 6.92 Å². The third-order valence-corrected chi connectivity index (χ3v) is 6.30. The van der Waals surface area contributed by atoms with Gasteiger partial charge in [-0.1, -0.05) is 12.8 Å². The molecule has 2 aliphatic rings. The van der Waals surface area contributed by atoms with Gasteiger partial charge in [0.1, 0.15) is 0 Å². The molecule has 2 heterocycles. The van der Waals surface area contributed by atoms with Gasteiger partial charge in [-0.25, -0.2) is 4.98 Å². The average Bonchev–Trinajstić information content (AvgIpc) is 3.27. The van der Waals surface area contributed by atoms with Crippen molar-refractivity contribution in [1.82, 2.24) is 9.55 Å². The van der Waals surface area contributed by atoms with Gasteiger partial charge in [0.2, 0.25) is 5.95 Å². The molecule has 6 nitrogen and oxygen atoms in total. The summed E-state index contributed by atoms with van der Waals surface area (Å²) >= 11 is 0. The zero-order valence-corrected chi connectivity index (χ0v) is 15.7. The standard InChI is InChI=1S/C20H28N4O2/c1-20(18(25)26-2)9-11-23(12-10-20)15-7-8-16-17(13-15)24(19(21)22-16)14-5-3-4-6-14/h7-8,13-14H,3-6,9-12H2,1-2H3,(H2,21,22). The summed E-state index contributed by atoms with van der Waals surface area (Å²) in [7, 11) is 1.47. The number of aromatic nitrogens is 2. The first-order valence-electron chi connectivity index (χ1n) is 9.63. The number of methoxy groups -OCH3 is 1. The zero-order chi connectivity index (χ0) is 18.3. The van der Waals surface area contributed by atoms with Crippen LogP contribution in [0.3, 0.4) is 0 Å². The van der Waals surface area contributed by atoms with Crippen LogP contribution in [0.25, 0.3) is 11.0 Å². The summed E-state index contributed by atoms with van der Waals surface area (Å²) in [6, 6.07) is 6.88. The van der Waals surface area contributed by atoms with Crippen molar-refractivity contribution >= 4 is 28.6 Å². The van der Waals surface area contributed by atoms with Gasteiger partial charge in [0.15, 0.2) is 0 Å². The van der Waals surface area contributed by atoms with E-state index >= 15 is 0 Å². The van der Waals surface area contributed by atoms with Crippen LogP contribution >= 0.6 is 0 Å². The van der Waals surface area contributed by atoms with Gasteiger partial charge >= 0.3 is 5.97 Å². The maximum Gasteiger partial charge on any atom is 0.311 e. The van der Waals surface area contributed by atoms with Gasteiger partial charge < -0.3 is 19.9 Å². The molecule has 0 radical (unpaired) electrons. The lowest BCUT2D eigenvalue weighted by Crippen LogP contribution is -2.43. The molecule has 1 aliphatic carbocycles. The van der Waals surface area contributed by atoms with E-state index in [9.17, 15) is 4.79 Å². The van der Waals surface area contributed by atoms with E-state index < -0.39 is 0 Å². The first kappa shape index (κ1) is 17.2. The van der Waals surface area contributed by atoms with Crippen LogP contribution in [0.4, 0.5) is 11.6 Å². The highest BCUT2D eigenvalue weighted by atomic mass is 16.5. The summed E-state index contributed by atoms with van der Waals surface area (Å²) in [5.74, 6) is 0.528. The number of carbonyl (C=O) groups excluding carboxylic acids is 1. The number of piperidine rings is 1. The van der Waals surface area contributed by atoms with Crippen molar-refractivity contribution in [3.8, 4) is 0 Å². The fourth-order valence-electron chi connectivity index (χ4n) is 4.55. The molecule has 6 heteroatoms. The van der Waals surface area contributed by atoms with Gasteiger partial charge in [-0.3, -0.25) is 4.79 Å². The summed E-state index contributed by atoms with van der Waals surface area (Å²) in [6.07, 6.45) is 6.51. The number of nitrogens with zero attached hydrogens (tertiary/aromatic N) is 3. The molecule has 1 saturated heterocycles. The maximum absolute atomic E-state index is 12.0. The second-order valence-electron chi connectivity index (χ2n) is 7.99. The Morgan fingerprint density at radius 3 is 2.62 bits per heavy atom. The predicted octanol–water partition coefficient (Wildman–Crippen LogP) is 3.51. The van der Waals surface area contributed by atoms with Gasteiger partial charge in [0.05, 0.1) is 23.6 Å². The molecular formula is C20H28N4O2. The van der Waals surface area contributed by atoms with Crippen LogP contribution in [0.5, 0.6) is 0 Å². The van der Waals surface area contributed by atoms with Gasteiger partial charge in [0.25, 0.3) is 0 Å². The van der Waals surface area contributed by atoms with Crippen LogP contribution in [0, 0.1) is 5.41 Å². The molecule has 0 spiro atoms. The van der Waals surface area contributed by atoms with Crippen molar-refractivity contribution in [2.75, 3.05) is 30.8 Å². The van der Waals surface area contributed by atoms with Crippen LogP contribution in [0.1, 0.15) is 51.5 Å². The number of fused-ring (bicyclic) bond motifs is 1. The number of anilines is 2. The first-order chi connectivity index (χ1) is 12.5. The number of rotatable bonds is 3. The molecule has 1 saturated carbocycles. The van der Waals surface area contributed by atoms with E-state index in [1.165, 1.54) is 38.5 Å². The second-order valence-corrected chi connectivity index (χ2v) is 7.99. The van der Waals surface area contributed by atoms with Crippen molar-refractivity contribution in [2.24, 2.45) is 5.41 Å². The number of benzene rings is 1. The molecule has 0 amide bonds. The minimum absolute atomic E-state index is 0.0975. The van der Waals surface area contributed by atoms with Crippen molar-refractivity contribution < 1.29 is 9.53 Å². The summed E-state index contributed by atoms with van der Waals surface area (Å²) < 4.78 is 7.21. The quantitative estimate of drug-likeness (QED) is 0.852. The minimum Gasteiger partial charge on any atom is -0.469 e. The van der Waals surface area contributed by atoms with Crippen LogP contribution in [-0.2, 0) is 9.53 Å². The van der Waals surface area contributed by atoms with Gasteiger partial charge in [-0.05, 0) is 50.8 Å². The highest BCUT2D eigenvalue weighted by molar-refractivity contribution is 5.83. The topological polar surface area (TPSA) is 73.4 Å². The van der Waals surface area contributed by atoms with Crippen LogP contribution in [0.15, 0.2) is 18.2 Å². The normalized spacial score (nSPS) is 20.6. The van der Waals surface area contributed by atoms with E-state index in [4.69, 9.17) is 10.5 Å². The van der Waals surface area contributed by atoms with Gasteiger partial charge in [0, 0.05) is 24.8 Å². The third kappa shape index (κ3) is 2.81. The van der Waals surface area contributed by atoms with E-state index in [0.717, 1.165) is 37.0 Å². The Balaban J connectivity index is 1.60. The monoisotopic (exact) mass is 356 g/mol. The van der Waals surface area contributed by atoms with Crippen molar-refractivity contribution in [3.05, 3.63) is 18.2 Å². The van der Waals surface area contributed by atoms with Crippen LogP contribution in [0.2, 0.25) is 0 Å². The molecule has 140 valence electrons. The summed E-state index contributed by atoms with van der Waals surface area (Å²) in [6.45, 7) is 3.71. The zero-order valence-electron chi connectivity index (χ0n) is 15.7. The highest BCUT2D eigenvalue weighted by Crippen LogP contribution is 2.37. The molecule has 0 bridgehead atoms. The number of nitrogen functional groups attached to an aromatic ring is 1. The lowest BCUT2D eigenvalue weighted by Gasteiger charge is -2.38. The van der Waals surface area contributed by atoms with Crippen molar-refractivity contribution in [2.45, 2.75) is 51.5 Å². The third-order valence-electron chi connectivity index (χ3n) is 6.30. The average molecular weight is 356 g/mol. The Morgan fingerprint density at radius 2 is 1.96 bits per heavy atom. The Bertz CT molecular complexity index is 815. The molecule has 2 aromatic rings. The summed E-state index contributed by atoms with van der Waals surface area (Å²) in [5.41, 5.74) is 9.15. The number of hydrogen-bond donors (Lipinski definition) is 1. The largest absolute Gasteiger partial charge is 0.469 e. The van der Waals surface area contributed by atoms with Crippen LogP contribution < -0.4 is 10.6 Å². The van der Waals surface area contributed by atoms with Gasteiger partial charge in [-0.15, -0.1) is 0 Å². The maximum atomic E-state index is 12.0. The number of nitrogens with two attached hydrogens (primary N) is 1. The molecule has 1 aliphatic heterocycles. The minimum atomic E-state index is -0.370. The number of imidazole rings is 1. The number of hydrogen-bond acceptors (Lipinski definition) is 5. The van der Waals surface area contributed by atoms with E-state index in [2.05, 4.69) is 32.7 Å². The Morgan fingerprint density at radius 1 is 1.27 bits per heavy atom. The summed E-state index contributed by atoms with van der Waals surface area (Å²) in [5, 5.41) is 0. The smallest absolute Gasteiger partial charge is 0.311 e. The second kappa shape index (κ2) is 6.49. The molecule has 0 unspecified atom stereocenters. The lowest BCUT2D eigenvalue weighted by molar-refractivity contribution is -0.152. The van der Waals surface area contributed by atoms with Crippen molar-refractivity contribution in [3.63, 3.8) is 0 Å². The number of carbonyl (C=O) groups is 1. The SMILES string of the molecule is COC(=O)C1(C)CCN(c2ccc3nc(N)n(C4CCCC4)c3c2)CC1. The number of esters is 1. The molecule has 4 rings (SSSR count). The fourth-order valence-corrected chi connectivity index (χ4v) is 4.55. The molecular weight excluding hydrogens is 328 g/mol. The molecule has 2 fully saturated rings. The number of ether oxygens (including phenoxy) is 1. The molecule has 26 heavy (non-hydrogen) atoms. The first-order valence-corrected chi connectivity index (χ1v) is 9.63.